The number of hydrogen-bond acceptors (Lipinski definition) is 4. The van der Waals surface area contributed by atoms with Gasteiger partial charge in [0.25, 0.3) is 0 Å². The third-order valence-electron chi connectivity index (χ3n) is 0.743. The molecule has 0 aromatic carbocycles. The quantitative estimate of drug-likeness (QED) is 0.519. The first-order valence-electron chi connectivity index (χ1n) is 2.17. The van der Waals surface area contributed by atoms with Crippen LogP contribution < -0.4 is 5.73 Å². The van der Waals surface area contributed by atoms with Crippen molar-refractivity contribution in [2.45, 2.75) is 0 Å². The zero-order chi connectivity index (χ0) is 6.85. The lowest BCUT2D eigenvalue weighted by Crippen LogP contribution is -1.92. The molecule has 0 aliphatic rings. The van der Waals surface area contributed by atoms with Crippen LogP contribution in [0.3, 0.4) is 0 Å². The molecule has 1 aromatic heterocycles. The van der Waals surface area contributed by atoms with E-state index in [0.29, 0.717) is 0 Å². The van der Waals surface area contributed by atoms with E-state index in [1.54, 1.807) is 0 Å². The van der Waals surface area contributed by atoms with E-state index in [1.165, 1.54) is 0 Å². The molecule has 0 saturated heterocycles. The van der Waals surface area contributed by atoms with Crippen molar-refractivity contribution in [2.24, 2.45) is 0 Å². The molecule has 1 aromatic rings. The van der Waals surface area contributed by atoms with Crippen molar-refractivity contribution in [2.75, 3.05) is 5.73 Å². The predicted octanol–water partition coefficient (Wildman–Crippen LogP) is 0.418. The predicted molar refractivity (Wildman–Crippen MR) is 33.1 cm³/mol. The molecule has 0 aliphatic carbocycles. The summed E-state index contributed by atoms with van der Waals surface area (Å²) in [6.45, 7) is 0. The van der Waals surface area contributed by atoms with E-state index in [1.807, 2.05) is 0 Å². The number of halogens is 1. The molecule has 5 heteroatoms. The van der Waals surface area contributed by atoms with Gasteiger partial charge >= 0.3 is 0 Å². The summed E-state index contributed by atoms with van der Waals surface area (Å²) < 4.78 is 0. The topological polar surface area (TPSA) is 72.0 Å². The highest BCUT2D eigenvalue weighted by Gasteiger charge is 1.97. The van der Waals surface area contributed by atoms with Gasteiger partial charge in [-0.3, -0.25) is 0 Å². The Balaban J connectivity index is 3.17. The first kappa shape index (κ1) is 6.10. The van der Waals surface area contributed by atoms with Gasteiger partial charge in [-0.05, 0) is 0 Å². The highest BCUT2D eigenvalue weighted by Crippen LogP contribution is 2.17. The molecular formula is C4H4ClN3O. The number of aromatic hydroxyl groups is 1. The molecule has 0 aliphatic heterocycles. The Labute approximate surface area is 56.3 Å². The van der Waals surface area contributed by atoms with Gasteiger partial charge in [-0.2, -0.15) is 4.98 Å². The SMILES string of the molecule is Nc1ncc(O)c(Cl)n1. The highest BCUT2D eigenvalue weighted by molar-refractivity contribution is 6.30. The molecular weight excluding hydrogens is 142 g/mol. The lowest BCUT2D eigenvalue weighted by molar-refractivity contribution is 0.470. The number of aromatic nitrogens is 2. The van der Waals surface area contributed by atoms with Gasteiger partial charge < -0.3 is 10.8 Å². The monoisotopic (exact) mass is 145 g/mol. The molecule has 1 heterocycles. The van der Waals surface area contributed by atoms with Crippen LogP contribution in [0.15, 0.2) is 6.20 Å². The lowest BCUT2D eigenvalue weighted by atomic mass is 10.6. The third kappa shape index (κ3) is 1.20. The molecule has 0 fully saturated rings. The zero-order valence-corrected chi connectivity index (χ0v) is 5.13. The summed E-state index contributed by atoms with van der Waals surface area (Å²) in [5.41, 5.74) is 5.11. The lowest BCUT2D eigenvalue weighted by Gasteiger charge is -1.93. The van der Waals surface area contributed by atoms with Gasteiger partial charge in [0.15, 0.2) is 10.9 Å². The summed E-state index contributed by atoms with van der Waals surface area (Å²) in [5.74, 6) is -0.108. The van der Waals surface area contributed by atoms with Gasteiger partial charge in [-0.15, -0.1) is 0 Å². The Bertz CT molecular complexity index is 227. The number of hydrogen-bond donors (Lipinski definition) is 2. The Kier molecular flexibility index (Phi) is 1.40. The van der Waals surface area contributed by atoms with Crippen molar-refractivity contribution in [3.8, 4) is 5.75 Å². The summed E-state index contributed by atoms with van der Waals surface area (Å²) in [4.78, 5) is 6.93. The minimum absolute atomic E-state index is 0.0255. The summed E-state index contributed by atoms with van der Waals surface area (Å²) in [6, 6.07) is 0. The van der Waals surface area contributed by atoms with E-state index >= 15 is 0 Å². The largest absolute Gasteiger partial charge is 0.504 e. The highest BCUT2D eigenvalue weighted by atomic mass is 35.5. The second kappa shape index (κ2) is 2.06. The number of rotatable bonds is 0. The fraction of sp³-hybridized carbons (Fsp3) is 0. The van der Waals surface area contributed by atoms with Crippen LogP contribution >= 0.6 is 11.6 Å². The molecule has 0 saturated carbocycles. The number of nitrogen functional groups attached to an aromatic ring is 1. The Hall–Kier alpha value is -1.03. The van der Waals surface area contributed by atoms with Crippen LogP contribution in [-0.4, -0.2) is 15.1 Å². The summed E-state index contributed by atoms with van der Waals surface area (Å²) in [6.07, 6.45) is 1.14. The van der Waals surface area contributed by atoms with Crippen LogP contribution in [0.25, 0.3) is 0 Å². The van der Waals surface area contributed by atoms with E-state index < -0.39 is 0 Å². The maximum absolute atomic E-state index is 8.73. The molecule has 0 radical (unpaired) electrons. The molecule has 0 amide bonds. The first-order valence-corrected chi connectivity index (χ1v) is 2.55. The molecule has 4 nitrogen and oxygen atoms in total. The van der Waals surface area contributed by atoms with Crippen molar-refractivity contribution in [1.29, 1.82) is 0 Å². The maximum atomic E-state index is 8.73. The van der Waals surface area contributed by atoms with Crippen LogP contribution in [0, 0.1) is 0 Å². The van der Waals surface area contributed by atoms with Crippen molar-refractivity contribution in [3.05, 3.63) is 11.3 Å². The molecule has 3 N–H and O–H groups in total. The Morgan fingerprint density at radius 2 is 2.33 bits per heavy atom. The maximum Gasteiger partial charge on any atom is 0.221 e. The van der Waals surface area contributed by atoms with Gasteiger partial charge in [-0.25, -0.2) is 4.98 Å². The van der Waals surface area contributed by atoms with Crippen LogP contribution in [-0.2, 0) is 0 Å². The number of nitrogens with zero attached hydrogens (tertiary/aromatic N) is 2. The second-order valence-corrected chi connectivity index (χ2v) is 1.76. The second-order valence-electron chi connectivity index (χ2n) is 1.40. The average Bonchev–Trinajstić information content (AvgIpc) is 1.80. The summed E-state index contributed by atoms with van der Waals surface area (Å²) in [7, 11) is 0. The smallest absolute Gasteiger partial charge is 0.221 e. The van der Waals surface area contributed by atoms with Crippen LogP contribution in [0.4, 0.5) is 5.95 Å². The van der Waals surface area contributed by atoms with Crippen molar-refractivity contribution >= 4 is 17.5 Å². The fourth-order valence-corrected chi connectivity index (χ4v) is 0.503. The standard InChI is InChI=1S/C4H4ClN3O/c5-3-2(9)1-7-4(6)8-3/h1,9H,(H2,6,7,8). The van der Waals surface area contributed by atoms with Gasteiger partial charge in [0.1, 0.15) is 0 Å². The molecule has 0 atom stereocenters. The van der Waals surface area contributed by atoms with Crippen LogP contribution in [0.2, 0.25) is 5.15 Å². The van der Waals surface area contributed by atoms with Gasteiger partial charge in [0.2, 0.25) is 5.95 Å². The summed E-state index contributed by atoms with van der Waals surface area (Å²) in [5, 5.41) is 8.71. The van der Waals surface area contributed by atoms with Gasteiger partial charge in [0.05, 0.1) is 6.20 Å². The molecule has 0 unspecified atom stereocenters. The molecule has 0 bridgehead atoms. The summed E-state index contributed by atoms with van der Waals surface area (Å²) >= 11 is 5.33. The van der Waals surface area contributed by atoms with E-state index in [9.17, 15) is 0 Å². The minimum atomic E-state index is -0.161. The van der Waals surface area contributed by atoms with Gasteiger partial charge in [-0.1, -0.05) is 11.6 Å². The van der Waals surface area contributed by atoms with E-state index in [0.717, 1.165) is 6.20 Å². The fourth-order valence-electron chi connectivity index (χ4n) is 0.367. The molecule has 9 heavy (non-hydrogen) atoms. The van der Waals surface area contributed by atoms with E-state index in [4.69, 9.17) is 22.4 Å². The van der Waals surface area contributed by atoms with E-state index in [2.05, 4.69) is 9.97 Å². The third-order valence-corrected chi connectivity index (χ3v) is 1.02. The van der Waals surface area contributed by atoms with Crippen molar-refractivity contribution in [3.63, 3.8) is 0 Å². The first-order chi connectivity index (χ1) is 4.20. The normalized spacial score (nSPS) is 9.44. The van der Waals surface area contributed by atoms with Crippen molar-refractivity contribution in [1.82, 2.24) is 9.97 Å². The van der Waals surface area contributed by atoms with E-state index in [-0.39, 0.29) is 16.9 Å². The van der Waals surface area contributed by atoms with Crippen molar-refractivity contribution < 1.29 is 5.11 Å². The number of anilines is 1. The van der Waals surface area contributed by atoms with Crippen LogP contribution in [0.1, 0.15) is 0 Å². The number of nitrogens with two attached hydrogens (primary N) is 1. The Morgan fingerprint density at radius 1 is 1.67 bits per heavy atom. The minimum Gasteiger partial charge on any atom is -0.504 e. The van der Waals surface area contributed by atoms with Gasteiger partial charge in [0, 0.05) is 0 Å². The zero-order valence-electron chi connectivity index (χ0n) is 4.37. The molecule has 1 rings (SSSR count). The molecule has 48 valence electrons. The molecule has 0 spiro atoms. The average molecular weight is 146 g/mol. The van der Waals surface area contributed by atoms with Crippen LogP contribution in [0.5, 0.6) is 5.75 Å². The Morgan fingerprint density at radius 3 is 2.78 bits per heavy atom.